The molecule has 15 rings (SSSR count). The van der Waals surface area contributed by atoms with E-state index in [0.29, 0.717) is 5.56 Å². The van der Waals surface area contributed by atoms with Crippen LogP contribution in [0.3, 0.4) is 0 Å². The predicted molar refractivity (Wildman–Crippen MR) is 561 cm³/mol. The Morgan fingerprint density at radius 3 is 0.876 bits per heavy atom. The Kier molecular flexibility index (Phi) is 46.3. The smallest absolute Gasteiger partial charge is 0.343 e. The Bertz CT molecular complexity index is 5510. The van der Waals surface area contributed by atoms with Gasteiger partial charge in [0.05, 0.1) is 56.9 Å². The molecule has 0 aromatic heterocycles. The van der Waals surface area contributed by atoms with Gasteiger partial charge in [-0.05, 0) is 268 Å². The van der Waals surface area contributed by atoms with Crippen LogP contribution >= 0.6 is 82.3 Å². The third kappa shape index (κ3) is 33.6. The number of carbonyl (C=O) groups is 1. The van der Waals surface area contributed by atoms with Crippen LogP contribution in [0.2, 0.25) is 0 Å². The van der Waals surface area contributed by atoms with Crippen molar-refractivity contribution in [1.29, 1.82) is 0 Å². The molecule has 0 fully saturated rings. The van der Waals surface area contributed by atoms with Crippen LogP contribution in [-0.2, 0) is 4.57 Å². The molecule has 1 N–H and O–H groups in total. The van der Waals surface area contributed by atoms with Crippen molar-refractivity contribution in [2.45, 2.75) is 27.2 Å². The number of rotatable bonds is 25. The molecule has 0 unspecified atom stereocenters. The fourth-order valence-corrected chi connectivity index (χ4v) is 18.6. The number of ether oxygens (including phenoxy) is 8. The summed E-state index contributed by atoms with van der Waals surface area (Å²) < 4.78 is 52.8. The minimum Gasteiger partial charge on any atom is -0.343 e. The van der Waals surface area contributed by atoms with Crippen molar-refractivity contribution in [3.05, 3.63) is 423 Å². The number of anilines is 11. The van der Waals surface area contributed by atoms with Crippen LogP contribution < -0.4 is 92.7 Å². The quantitative estimate of drug-likeness (QED) is 0.0191. The molecule has 0 atom stereocenters. The SMILES string of the molecule is C.C=Cc1ccc(N(c2ccc(OC)cc2)c2cccc(OC)c2)cc1.COc1ccc(I)cc1.COc1ccc(N(c2ccc(C=O)cc2)c2cccc(OC)c2)cc1.COc1ccc(N(c2ccccc2)c2cccc(OC)c2)cc1.COc1cccc(Nc2ccccc2)c1.CP(Br)(c1ccccc1)(c1ccccc1)c1ccccc1.O=P(Cl)(Cl)Cl.[2HH].[CH2-]CCC.[Li+]. The van der Waals surface area contributed by atoms with E-state index in [1.54, 1.807) is 69.0 Å². The van der Waals surface area contributed by atoms with Gasteiger partial charge in [-0.3, -0.25) is 9.36 Å². The van der Waals surface area contributed by atoms with Crippen LogP contribution in [0.5, 0.6) is 46.0 Å². The summed E-state index contributed by atoms with van der Waals surface area (Å²) in [6.45, 7) is 11.9. The summed E-state index contributed by atoms with van der Waals surface area (Å²) in [5.74, 6) is 6.66. The first-order valence-corrected chi connectivity index (χ1v) is 50.5. The van der Waals surface area contributed by atoms with E-state index in [1.165, 1.54) is 25.9 Å². The van der Waals surface area contributed by atoms with Gasteiger partial charge in [0.25, 0.3) is 0 Å². The second-order valence-corrected chi connectivity index (χ2v) is 45.2. The summed E-state index contributed by atoms with van der Waals surface area (Å²) in [6.07, 6.45) is 4.96. The molecule has 0 aliphatic carbocycles. The van der Waals surface area contributed by atoms with Gasteiger partial charge in [0.15, 0.2) is 0 Å². The van der Waals surface area contributed by atoms with Gasteiger partial charge in [-0.15, -0.1) is 0 Å². The van der Waals surface area contributed by atoms with Gasteiger partial charge < -0.3 is 64.8 Å². The minimum atomic E-state index is -3.22. The zero-order valence-corrected chi connectivity index (χ0v) is 81.5. The van der Waals surface area contributed by atoms with E-state index in [9.17, 15) is 9.36 Å². The first kappa shape index (κ1) is 106. The maximum atomic E-state index is 10.9. The van der Waals surface area contributed by atoms with Crippen LogP contribution in [0, 0.1) is 10.5 Å². The molecule has 0 radical (unpaired) electrons. The molecule has 666 valence electrons. The number of nitrogens with one attached hydrogen (secondary N) is 1. The molecule has 0 saturated heterocycles. The molecule has 14 nitrogen and oxygen atoms in total. The Morgan fingerprint density at radius 2 is 0.597 bits per heavy atom. The van der Waals surface area contributed by atoms with E-state index in [2.05, 4.69) is 258 Å². The van der Waals surface area contributed by atoms with Crippen molar-refractivity contribution in [3.63, 3.8) is 0 Å². The Morgan fingerprint density at radius 1 is 0.364 bits per heavy atom. The van der Waals surface area contributed by atoms with Crippen LogP contribution in [0.1, 0.15) is 44.5 Å². The van der Waals surface area contributed by atoms with Gasteiger partial charge in [-0.25, -0.2) is 0 Å². The topological polar surface area (TPSA) is 130 Å². The van der Waals surface area contributed by atoms with Crippen LogP contribution in [-0.4, -0.2) is 69.8 Å². The molecule has 0 aliphatic rings. The van der Waals surface area contributed by atoms with Crippen molar-refractivity contribution < 1.29 is 67.5 Å². The van der Waals surface area contributed by atoms with E-state index < -0.39 is 10.5 Å². The number of carbonyl (C=O) groups excluding carboxylic acids is 1. The standard InChI is InChI=1S/C22H21NO2.C21H19NO3.C20H19NO2.C19H18BrP.C13H13NO.C7H7IO.C4H9.CH4.Cl3OP.Li.H2/c1-4-17-8-10-18(11-9-17)23(19-12-14-21(24-2)15-13-19)20-6-5-7-22(16-20)25-3;1-24-20-12-10-18(11-13-20)22(17-8-6-16(15-23)7-9-17)19-4-3-5-21(14-19)25-2;1-22-19-13-11-17(12-14-19)21(16-7-4-3-5-8-16)18-9-6-10-20(15-18)23-2;1-21(20,17-11-5-2-6-12-17,18-13-7-3-8-14-18)19-15-9-4-10-16-19;1-15-13-9-5-8-12(10-13)14-11-6-3-2-4-7-11;1-9-7-4-2-6(8)3-5-7;1-3-4-2;;1-5(2,3)4;;/h4-16H,1H2,2-3H3;3-15H,1-2H3;3-15H,1-2H3;2-16H,1H3;2-10,14H,1H3;2-5H,1H3;1,3-4H2,2H3;1H4;;;1H/q;;;;;;-1;;;+1;/i;;;;;;;;;;1+1. The summed E-state index contributed by atoms with van der Waals surface area (Å²) in [5, 5.41) is 1.56. The first-order chi connectivity index (χ1) is 61.5. The molecule has 15 aromatic rings. The van der Waals surface area contributed by atoms with E-state index >= 15 is 0 Å². The first-order valence-electron chi connectivity index (χ1n) is 40.3. The van der Waals surface area contributed by atoms with E-state index in [-0.39, 0.29) is 27.7 Å². The van der Waals surface area contributed by atoms with Crippen molar-refractivity contribution >= 4 is 173 Å². The van der Waals surface area contributed by atoms with Gasteiger partial charge in [0.1, 0.15) is 52.3 Å². The van der Waals surface area contributed by atoms with Crippen molar-refractivity contribution in [2.24, 2.45) is 0 Å². The summed E-state index contributed by atoms with van der Waals surface area (Å²) in [7, 11) is 13.3. The maximum absolute atomic E-state index is 10.9. The fourth-order valence-electron chi connectivity index (χ4n) is 12.6. The molecule has 15 aromatic carbocycles. The Hall–Kier alpha value is -11.4. The fraction of sp³-hybridized carbons (Fsp3) is 0.121. The minimum absolute atomic E-state index is 0. The zero-order chi connectivity index (χ0) is 91.3. The molecule has 0 spiro atoms. The molecule has 0 aliphatic heterocycles. The average molecular weight is 2000 g/mol. The third-order valence-electron chi connectivity index (χ3n) is 19.3. The van der Waals surface area contributed by atoms with Gasteiger partial charge in [-0.2, -0.15) is 6.42 Å². The summed E-state index contributed by atoms with van der Waals surface area (Å²) in [6, 6.07) is 132. The molecule has 0 bridgehead atoms. The van der Waals surface area contributed by atoms with Crippen LogP contribution in [0.25, 0.3) is 6.08 Å². The monoisotopic (exact) mass is 1990 g/mol. The molecule has 0 saturated carbocycles. The number of unbranched alkanes of at least 4 members (excludes halogenated alkanes) is 1. The molecular weight excluding hydrogens is 1880 g/mol. The van der Waals surface area contributed by atoms with E-state index in [1.807, 2.05) is 249 Å². The number of nitrogens with zero attached hydrogens (tertiary/aromatic N) is 3. The van der Waals surface area contributed by atoms with Crippen molar-refractivity contribution in [3.8, 4) is 46.0 Å². The van der Waals surface area contributed by atoms with Gasteiger partial charge in [0.2, 0.25) is 0 Å². The maximum Gasteiger partial charge on any atom is 1.00 e. The summed E-state index contributed by atoms with van der Waals surface area (Å²) in [4.78, 5) is 17.4. The second-order valence-electron chi connectivity index (χ2n) is 27.6. The number of methoxy groups -OCH3 is 8. The zero-order valence-electron chi connectivity index (χ0n) is 73.7. The Balaban J connectivity index is 0.000000274. The summed E-state index contributed by atoms with van der Waals surface area (Å²) in [5.41, 5.74) is 13.0. The molecule has 22 heteroatoms. The van der Waals surface area contributed by atoms with E-state index in [0.717, 1.165) is 127 Å². The largest absolute Gasteiger partial charge is 1.00 e. The van der Waals surface area contributed by atoms with E-state index in [4.69, 9.17) is 37.9 Å². The normalized spacial score (nSPS) is 10.4. The molecule has 0 heterocycles. The number of halogens is 5. The van der Waals surface area contributed by atoms with Crippen molar-refractivity contribution in [1.82, 2.24) is 0 Å². The molecular formula is C107H112BrCl3ILiN4O10P2. The second kappa shape index (κ2) is 56.2. The number of hydrogen-bond acceptors (Lipinski definition) is 14. The van der Waals surface area contributed by atoms with Crippen LogP contribution in [0.15, 0.2) is 401 Å². The number of hydrogen-bond donors (Lipinski definition) is 1. The average Bonchev–Trinajstić information content (AvgIpc) is 0.713. The Labute approximate surface area is 812 Å². The molecule has 129 heavy (non-hydrogen) atoms. The number of para-hydroxylation sites is 2. The predicted octanol–water partition coefficient (Wildman–Crippen LogP) is 28.5. The van der Waals surface area contributed by atoms with Crippen LogP contribution in [0.4, 0.5) is 62.6 Å². The van der Waals surface area contributed by atoms with Gasteiger partial charge >= 0.3 is 158 Å². The summed E-state index contributed by atoms with van der Waals surface area (Å²) >= 11 is 20.4. The molecule has 0 amide bonds. The third-order valence-corrected chi connectivity index (χ3v) is 28.2. The van der Waals surface area contributed by atoms with Gasteiger partial charge in [-0.1, -0.05) is 106 Å². The van der Waals surface area contributed by atoms with Gasteiger partial charge in [0, 0.05) is 97.4 Å². The van der Waals surface area contributed by atoms with Crippen molar-refractivity contribution in [2.75, 3.05) is 83.6 Å². The number of aldehydes is 1. The number of benzene rings is 15.